The molecule has 0 aromatic carbocycles. The first-order valence-electron chi connectivity index (χ1n) is 8.46. The van der Waals surface area contributed by atoms with Gasteiger partial charge in [0.2, 0.25) is 5.91 Å². The van der Waals surface area contributed by atoms with Crippen molar-refractivity contribution < 1.29 is 9.53 Å². The van der Waals surface area contributed by atoms with Crippen LogP contribution in [-0.2, 0) is 22.4 Å². The molecule has 1 unspecified atom stereocenters. The van der Waals surface area contributed by atoms with Gasteiger partial charge in [-0.3, -0.25) is 9.89 Å². The minimum Gasteiger partial charge on any atom is -0.379 e. The molecule has 1 saturated heterocycles. The summed E-state index contributed by atoms with van der Waals surface area (Å²) in [6, 6.07) is 0. The quantitative estimate of drug-likeness (QED) is 0.832. The van der Waals surface area contributed by atoms with Gasteiger partial charge in [-0.05, 0) is 24.8 Å². The van der Waals surface area contributed by atoms with E-state index in [9.17, 15) is 4.79 Å². The van der Waals surface area contributed by atoms with Crippen LogP contribution in [0.2, 0.25) is 0 Å². The lowest BCUT2D eigenvalue weighted by atomic mass is 10.1. The SMILES string of the molecule is O=C(C1CNCCOC1)N1CCc2[nH]nc(C3CC3)c2CC1. The molecule has 4 rings (SSSR count). The van der Waals surface area contributed by atoms with Gasteiger partial charge >= 0.3 is 0 Å². The third kappa shape index (κ3) is 2.77. The molecule has 2 aliphatic heterocycles. The van der Waals surface area contributed by atoms with E-state index in [0.717, 1.165) is 39.0 Å². The lowest BCUT2D eigenvalue weighted by molar-refractivity contribution is -0.136. The van der Waals surface area contributed by atoms with Crippen molar-refractivity contribution in [1.82, 2.24) is 20.4 Å². The molecule has 3 aliphatic rings. The molecule has 6 nitrogen and oxygen atoms in total. The van der Waals surface area contributed by atoms with Crippen molar-refractivity contribution in [3.63, 3.8) is 0 Å². The zero-order chi connectivity index (χ0) is 14.9. The predicted molar refractivity (Wildman–Crippen MR) is 81.7 cm³/mol. The van der Waals surface area contributed by atoms with Crippen molar-refractivity contribution in [2.24, 2.45) is 5.92 Å². The van der Waals surface area contributed by atoms with Gasteiger partial charge in [-0.2, -0.15) is 5.10 Å². The number of H-pyrrole nitrogens is 1. The van der Waals surface area contributed by atoms with Gasteiger partial charge in [-0.25, -0.2) is 0 Å². The Morgan fingerprint density at radius 3 is 3.00 bits per heavy atom. The Bertz CT molecular complexity index is 544. The van der Waals surface area contributed by atoms with Crippen molar-refractivity contribution in [3.8, 4) is 0 Å². The monoisotopic (exact) mass is 304 g/mol. The average Bonchev–Trinajstić information content (AvgIpc) is 3.35. The number of ether oxygens (including phenoxy) is 1. The summed E-state index contributed by atoms with van der Waals surface area (Å²) >= 11 is 0. The van der Waals surface area contributed by atoms with E-state index in [4.69, 9.17) is 4.74 Å². The third-order valence-corrected chi connectivity index (χ3v) is 5.01. The maximum absolute atomic E-state index is 12.7. The van der Waals surface area contributed by atoms with Gasteiger partial charge in [0.25, 0.3) is 0 Å². The van der Waals surface area contributed by atoms with E-state index in [2.05, 4.69) is 15.5 Å². The van der Waals surface area contributed by atoms with Gasteiger partial charge in [-0.1, -0.05) is 0 Å². The summed E-state index contributed by atoms with van der Waals surface area (Å²) in [5.74, 6) is 0.863. The minimum absolute atomic E-state index is 0.0417. The Labute approximate surface area is 130 Å². The highest BCUT2D eigenvalue weighted by molar-refractivity contribution is 5.79. The molecule has 0 bridgehead atoms. The second-order valence-electron chi connectivity index (χ2n) is 6.64. The smallest absolute Gasteiger partial charge is 0.229 e. The van der Waals surface area contributed by atoms with Crippen molar-refractivity contribution in [3.05, 3.63) is 17.0 Å². The van der Waals surface area contributed by atoms with E-state index in [1.807, 2.05) is 4.90 Å². The predicted octanol–water partition coefficient (Wildman–Crippen LogP) is 0.450. The highest BCUT2D eigenvalue weighted by Crippen LogP contribution is 2.41. The summed E-state index contributed by atoms with van der Waals surface area (Å²) in [6.07, 6.45) is 4.36. The zero-order valence-electron chi connectivity index (χ0n) is 12.9. The Morgan fingerprint density at radius 2 is 2.14 bits per heavy atom. The topological polar surface area (TPSA) is 70.2 Å². The van der Waals surface area contributed by atoms with Crippen LogP contribution in [0.1, 0.15) is 35.7 Å². The molecule has 0 spiro atoms. The van der Waals surface area contributed by atoms with Crippen molar-refractivity contribution in [1.29, 1.82) is 0 Å². The number of carbonyl (C=O) groups is 1. The first-order valence-corrected chi connectivity index (χ1v) is 8.46. The molecule has 0 radical (unpaired) electrons. The van der Waals surface area contributed by atoms with Gasteiger partial charge in [-0.15, -0.1) is 0 Å². The molecule has 1 aromatic rings. The van der Waals surface area contributed by atoms with Crippen LogP contribution in [0, 0.1) is 5.92 Å². The van der Waals surface area contributed by atoms with Crippen LogP contribution in [0.3, 0.4) is 0 Å². The Kier molecular flexibility index (Phi) is 3.88. The molecular weight excluding hydrogens is 280 g/mol. The Hall–Kier alpha value is -1.40. The fourth-order valence-corrected chi connectivity index (χ4v) is 3.55. The zero-order valence-corrected chi connectivity index (χ0v) is 12.9. The highest BCUT2D eigenvalue weighted by atomic mass is 16.5. The van der Waals surface area contributed by atoms with E-state index in [1.54, 1.807) is 0 Å². The van der Waals surface area contributed by atoms with E-state index >= 15 is 0 Å². The van der Waals surface area contributed by atoms with Crippen LogP contribution < -0.4 is 5.32 Å². The second-order valence-corrected chi connectivity index (χ2v) is 6.64. The molecule has 6 heteroatoms. The summed E-state index contributed by atoms with van der Waals surface area (Å²) in [5.41, 5.74) is 3.89. The number of carbonyl (C=O) groups excluding carboxylic acids is 1. The van der Waals surface area contributed by atoms with Crippen molar-refractivity contribution in [2.45, 2.75) is 31.6 Å². The summed E-state index contributed by atoms with van der Waals surface area (Å²) in [5, 5.41) is 11.0. The molecule has 2 N–H and O–H groups in total. The molecule has 1 saturated carbocycles. The Morgan fingerprint density at radius 1 is 1.27 bits per heavy atom. The van der Waals surface area contributed by atoms with E-state index < -0.39 is 0 Å². The number of hydrogen-bond donors (Lipinski definition) is 2. The molecule has 1 aromatic heterocycles. The van der Waals surface area contributed by atoms with Crippen LogP contribution >= 0.6 is 0 Å². The van der Waals surface area contributed by atoms with E-state index in [1.165, 1.54) is 29.8 Å². The fraction of sp³-hybridized carbons (Fsp3) is 0.750. The molecule has 22 heavy (non-hydrogen) atoms. The van der Waals surface area contributed by atoms with Gasteiger partial charge < -0.3 is 15.0 Å². The van der Waals surface area contributed by atoms with Crippen molar-refractivity contribution >= 4 is 5.91 Å². The maximum atomic E-state index is 12.7. The number of nitrogens with one attached hydrogen (secondary N) is 2. The third-order valence-electron chi connectivity index (χ3n) is 5.01. The van der Waals surface area contributed by atoms with E-state index in [0.29, 0.717) is 19.1 Å². The van der Waals surface area contributed by atoms with Gasteiger partial charge in [0, 0.05) is 44.2 Å². The lowest BCUT2D eigenvalue weighted by Crippen LogP contribution is -2.42. The number of aromatic nitrogens is 2. The largest absolute Gasteiger partial charge is 0.379 e. The average molecular weight is 304 g/mol. The molecule has 2 fully saturated rings. The Balaban J connectivity index is 1.43. The van der Waals surface area contributed by atoms with Gasteiger partial charge in [0.05, 0.1) is 24.8 Å². The molecule has 120 valence electrons. The normalized spacial score (nSPS) is 26.2. The van der Waals surface area contributed by atoms with Crippen LogP contribution in [0.4, 0.5) is 0 Å². The molecule has 1 aliphatic carbocycles. The van der Waals surface area contributed by atoms with Crippen LogP contribution in [0.25, 0.3) is 0 Å². The molecule has 1 amide bonds. The number of aromatic amines is 1. The number of fused-ring (bicyclic) bond motifs is 1. The standard InChI is InChI=1S/C16H24N4O2/c21-16(12-9-17-5-8-22-10-12)20-6-3-13-14(4-7-20)18-19-15(13)11-1-2-11/h11-12,17H,1-10H2,(H,18,19). The number of hydrogen-bond acceptors (Lipinski definition) is 4. The van der Waals surface area contributed by atoms with Crippen LogP contribution in [-0.4, -0.2) is 60.4 Å². The first-order chi connectivity index (χ1) is 10.8. The van der Waals surface area contributed by atoms with Crippen LogP contribution in [0.5, 0.6) is 0 Å². The summed E-state index contributed by atoms with van der Waals surface area (Å²) in [6.45, 7) is 4.41. The number of nitrogens with zero attached hydrogens (tertiary/aromatic N) is 2. The van der Waals surface area contributed by atoms with Gasteiger partial charge in [0.15, 0.2) is 0 Å². The lowest BCUT2D eigenvalue weighted by Gasteiger charge is -2.25. The first kappa shape index (κ1) is 14.2. The summed E-state index contributed by atoms with van der Waals surface area (Å²) < 4.78 is 5.53. The van der Waals surface area contributed by atoms with E-state index in [-0.39, 0.29) is 11.8 Å². The van der Waals surface area contributed by atoms with Gasteiger partial charge in [0.1, 0.15) is 0 Å². The summed E-state index contributed by atoms with van der Waals surface area (Å²) in [7, 11) is 0. The molecule has 1 atom stereocenters. The van der Waals surface area contributed by atoms with Crippen molar-refractivity contribution in [2.75, 3.05) is 39.4 Å². The molecule has 3 heterocycles. The number of rotatable bonds is 2. The minimum atomic E-state index is -0.0417. The highest BCUT2D eigenvalue weighted by Gasteiger charge is 2.32. The second kappa shape index (κ2) is 6.01. The van der Waals surface area contributed by atoms with Crippen LogP contribution in [0.15, 0.2) is 0 Å². The number of amides is 1. The molecular formula is C16H24N4O2. The summed E-state index contributed by atoms with van der Waals surface area (Å²) in [4.78, 5) is 14.8. The fourth-order valence-electron chi connectivity index (χ4n) is 3.55. The maximum Gasteiger partial charge on any atom is 0.229 e.